The van der Waals surface area contributed by atoms with Gasteiger partial charge in [0.1, 0.15) is 5.75 Å². The van der Waals surface area contributed by atoms with Crippen molar-refractivity contribution in [1.29, 1.82) is 0 Å². The molecule has 29 heavy (non-hydrogen) atoms. The first kappa shape index (κ1) is 18.7. The number of hydrogen-bond donors (Lipinski definition) is 2. The molecule has 0 radical (unpaired) electrons. The van der Waals surface area contributed by atoms with Crippen LogP contribution < -0.4 is 15.4 Å². The van der Waals surface area contributed by atoms with E-state index < -0.39 is 0 Å². The van der Waals surface area contributed by atoms with Gasteiger partial charge in [0.15, 0.2) is 0 Å². The number of ether oxygens (including phenoxy) is 1. The Balaban J connectivity index is 1.82. The molecule has 7 nitrogen and oxygen atoms in total. The second-order valence-corrected chi connectivity index (χ2v) is 6.85. The molecule has 0 spiro atoms. The number of nitrogens with zero attached hydrogens (tertiary/aromatic N) is 2. The molecular weight excluding hydrogens is 368 g/mol. The number of methoxy groups -OCH3 is 1. The molecule has 0 saturated heterocycles. The summed E-state index contributed by atoms with van der Waals surface area (Å²) in [6.07, 6.45) is 6.13. The summed E-state index contributed by atoms with van der Waals surface area (Å²) in [4.78, 5) is 28.5. The number of fused-ring (bicyclic) bond motifs is 1. The number of hydrogen-bond acceptors (Lipinski definition) is 4. The van der Waals surface area contributed by atoms with Gasteiger partial charge in [-0.3, -0.25) is 14.6 Å². The summed E-state index contributed by atoms with van der Waals surface area (Å²) in [5, 5.41) is 5.82. The Morgan fingerprint density at radius 3 is 2.83 bits per heavy atom. The third kappa shape index (κ3) is 3.59. The molecule has 7 heteroatoms. The summed E-state index contributed by atoms with van der Waals surface area (Å²) >= 11 is 0. The highest BCUT2D eigenvalue weighted by Gasteiger charge is 2.30. The van der Waals surface area contributed by atoms with Crippen LogP contribution in [0.25, 0.3) is 5.69 Å². The fourth-order valence-corrected chi connectivity index (χ4v) is 3.68. The van der Waals surface area contributed by atoms with Crippen molar-refractivity contribution in [2.75, 3.05) is 17.7 Å². The van der Waals surface area contributed by atoms with Crippen molar-refractivity contribution < 1.29 is 14.3 Å². The fourth-order valence-electron chi connectivity index (χ4n) is 3.68. The van der Waals surface area contributed by atoms with Gasteiger partial charge in [-0.1, -0.05) is 6.92 Å². The van der Waals surface area contributed by atoms with Crippen LogP contribution in [0.3, 0.4) is 0 Å². The van der Waals surface area contributed by atoms with Gasteiger partial charge in [-0.15, -0.1) is 0 Å². The lowest BCUT2D eigenvalue weighted by Crippen LogP contribution is -2.25. The monoisotopic (exact) mass is 390 g/mol. The molecule has 0 saturated carbocycles. The number of nitrogens with one attached hydrogen (secondary N) is 2. The number of carbonyl (C=O) groups is 2. The van der Waals surface area contributed by atoms with Crippen LogP contribution in [-0.2, 0) is 9.59 Å². The minimum atomic E-state index is -0.162. The summed E-state index contributed by atoms with van der Waals surface area (Å²) in [5.74, 6) is 0.193. The lowest BCUT2D eigenvalue weighted by Gasteiger charge is -2.28. The maximum atomic E-state index is 12.4. The molecule has 1 atom stereocenters. The highest BCUT2D eigenvalue weighted by atomic mass is 16.5. The van der Waals surface area contributed by atoms with E-state index in [-0.39, 0.29) is 17.7 Å². The van der Waals surface area contributed by atoms with Crippen LogP contribution in [0.4, 0.5) is 11.4 Å². The number of amides is 2. The van der Waals surface area contributed by atoms with Crippen molar-refractivity contribution >= 4 is 23.2 Å². The molecule has 0 bridgehead atoms. The predicted octanol–water partition coefficient (Wildman–Crippen LogP) is 3.70. The Labute approximate surface area is 168 Å². The van der Waals surface area contributed by atoms with Gasteiger partial charge < -0.3 is 19.9 Å². The largest absolute Gasteiger partial charge is 0.494 e. The smallest absolute Gasteiger partial charge is 0.225 e. The van der Waals surface area contributed by atoms with Crippen molar-refractivity contribution in [3.8, 4) is 11.4 Å². The Kier molecular flexibility index (Phi) is 5.03. The zero-order valence-corrected chi connectivity index (χ0v) is 16.3. The maximum Gasteiger partial charge on any atom is 0.225 e. The van der Waals surface area contributed by atoms with Gasteiger partial charge in [-0.2, -0.15) is 0 Å². The topological polar surface area (TPSA) is 85.3 Å². The third-order valence-electron chi connectivity index (χ3n) is 5.08. The molecule has 1 unspecified atom stereocenters. The van der Waals surface area contributed by atoms with E-state index in [1.165, 1.54) is 0 Å². The highest BCUT2D eigenvalue weighted by Crippen LogP contribution is 2.42. The molecule has 2 N–H and O–H groups in total. The van der Waals surface area contributed by atoms with Crippen LogP contribution in [0, 0.1) is 0 Å². The molecule has 1 aliphatic rings. The van der Waals surface area contributed by atoms with E-state index in [9.17, 15) is 9.59 Å². The lowest BCUT2D eigenvalue weighted by atomic mass is 9.87. The van der Waals surface area contributed by atoms with Crippen molar-refractivity contribution in [3.05, 3.63) is 66.2 Å². The molecule has 2 amide bonds. The maximum absolute atomic E-state index is 12.4. The summed E-state index contributed by atoms with van der Waals surface area (Å²) in [6, 6.07) is 11.5. The quantitative estimate of drug-likeness (QED) is 0.696. The van der Waals surface area contributed by atoms with Gasteiger partial charge in [-0.05, 0) is 35.9 Å². The van der Waals surface area contributed by atoms with Gasteiger partial charge in [-0.25, -0.2) is 0 Å². The zero-order chi connectivity index (χ0) is 20.4. The zero-order valence-electron chi connectivity index (χ0n) is 16.3. The van der Waals surface area contributed by atoms with Gasteiger partial charge in [0, 0.05) is 60.5 Å². The van der Waals surface area contributed by atoms with Crippen molar-refractivity contribution in [1.82, 2.24) is 9.55 Å². The van der Waals surface area contributed by atoms with Crippen LogP contribution in [0.2, 0.25) is 0 Å². The molecular formula is C22H22N4O3. The molecule has 0 aliphatic carbocycles. The molecule has 1 aliphatic heterocycles. The van der Waals surface area contributed by atoms with Crippen LogP contribution in [0.5, 0.6) is 5.75 Å². The summed E-state index contributed by atoms with van der Waals surface area (Å²) < 4.78 is 7.49. The van der Waals surface area contributed by atoms with Crippen molar-refractivity contribution in [3.63, 3.8) is 0 Å². The van der Waals surface area contributed by atoms with Crippen LogP contribution in [-0.4, -0.2) is 28.5 Å². The van der Waals surface area contributed by atoms with E-state index in [4.69, 9.17) is 4.74 Å². The SMILES string of the molecule is CCC(=O)Nc1cc2c(cc1OC)NC(=O)CC2c1cccn1-c1ccncc1. The minimum absolute atomic E-state index is 0.0580. The molecule has 2 aromatic heterocycles. The first-order valence-corrected chi connectivity index (χ1v) is 9.50. The van der Waals surface area contributed by atoms with Crippen LogP contribution >= 0.6 is 0 Å². The number of carbonyl (C=O) groups excluding carboxylic acids is 2. The molecule has 0 fully saturated rings. The number of pyridine rings is 1. The number of benzene rings is 1. The van der Waals surface area contributed by atoms with Gasteiger partial charge in [0.2, 0.25) is 11.8 Å². The van der Waals surface area contributed by atoms with Crippen LogP contribution in [0.15, 0.2) is 55.0 Å². The molecule has 148 valence electrons. The number of anilines is 2. The Morgan fingerprint density at radius 2 is 2.10 bits per heavy atom. The fraction of sp³-hybridized carbons (Fsp3) is 0.227. The first-order valence-electron chi connectivity index (χ1n) is 9.50. The van der Waals surface area contributed by atoms with Gasteiger partial charge in [0.05, 0.1) is 12.8 Å². The summed E-state index contributed by atoms with van der Waals surface area (Å²) in [6.45, 7) is 1.80. The van der Waals surface area contributed by atoms with E-state index in [0.29, 0.717) is 30.0 Å². The van der Waals surface area contributed by atoms with E-state index in [1.54, 1.807) is 32.5 Å². The summed E-state index contributed by atoms with van der Waals surface area (Å²) in [5.41, 5.74) is 4.19. The van der Waals surface area contributed by atoms with E-state index >= 15 is 0 Å². The van der Waals surface area contributed by atoms with E-state index in [1.807, 2.05) is 36.5 Å². The Hall–Kier alpha value is -3.61. The van der Waals surface area contributed by atoms with E-state index in [2.05, 4.69) is 20.2 Å². The predicted molar refractivity (Wildman–Crippen MR) is 111 cm³/mol. The molecule has 1 aromatic carbocycles. The number of aromatic nitrogens is 2. The normalized spacial score (nSPS) is 15.4. The molecule has 3 heterocycles. The number of rotatable bonds is 5. The Morgan fingerprint density at radius 1 is 1.31 bits per heavy atom. The minimum Gasteiger partial charge on any atom is -0.494 e. The molecule has 4 rings (SSSR count). The average molecular weight is 390 g/mol. The molecule has 3 aromatic rings. The second-order valence-electron chi connectivity index (χ2n) is 6.85. The highest BCUT2D eigenvalue weighted by molar-refractivity contribution is 5.98. The van der Waals surface area contributed by atoms with Gasteiger partial charge >= 0.3 is 0 Å². The van der Waals surface area contributed by atoms with Crippen LogP contribution in [0.1, 0.15) is 36.9 Å². The van der Waals surface area contributed by atoms with Crippen molar-refractivity contribution in [2.45, 2.75) is 25.7 Å². The van der Waals surface area contributed by atoms with Gasteiger partial charge in [0.25, 0.3) is 0 Å². The van der Waals surface area contributed by atoms with Crippen molar-refractivity contribution in [2.24, 2.45) is 0 Å². The second kappa shape index (κ2) is 7.79. The standard InChI is InChI=1S/C22H22N4O3/c1-3-21(27)25-18-11-15-16(12-22(28)24-17(15)13-20(18)29-2)19-5-4-10-26(19)14-6-8-23-9-7-14/h4-11,13,16H,3,12H2,1-2H3,(H,24,28)(H,25,27). The average Bonchev–Trinajstić information content (AvgIpc) is 3.23. The van der Waals surface area contributed by atoms with E-state index in [0.717, 1.165) is 16.9 Å². The first-order chi connectivity index (χ1) is 14.1. The summed E-state index contributed by atoms with van der Waals surface area (Å²) in [7, 11) is 1.54. The lowest BCUT2D eigenvalue weighted by molar-refractivity contribution is -0.117. The third-order valence-corrected chi connectivity index (χ3v) is 5.08. The Bertz CT molecular complexity index is 1060.